The summed E-state index contributed by atoms with van der Waals surface area (Å²) in [6.45, 7) is 0.420. The van der Waals surface area contributed by atoms with E-state index >= 15 is 0 Å². The van der Waals surface area contributed by atoms with E-state index in [4.69, 9.17) is 5.11 Å². The van der Waals surface area contributed by atoms with Gasteiger partial charge in [-0.1, -0.05) is 31.4 Å². The molecule has 0 bridgehead atoms. The van der Waals surface area contributed by atoms with Gasteiger partial charge in [0, 0.05) is 15.4 Å². The van der Waals surface area contributed by atoms with Crippen LogP contribution in [0.4, 0.5) is 0 Å². The topological polar surface area (TPSA) is 20.2 Å². The lowest BCUT2D eigenvalue weighted by Gasteiger charge is -2.07. The van der Waals surface area contributed by atoms with Gasteiger partial charge in [-0.15, -0.1) is 0 Å². The molecule has 2 rings (SSSR count). The average molecular weight is 170 g/mol. The van der Waals surface area contributed by atoms with Crippen molar-refractivity contribution in [2.24, 2.45) is 5.92 Å². The van der Waals surface area contributed by atoms with Crippen molar-refractivity contribution in [1.29, 1.82) is 0 Å². The lowest BCUT2D eigenvalue weighted by Crippen LogP contribution is -2.01. The van der Waals surface area contributed by atoms with E-state index in [9.17, 15) is 0 Å². The lowest BCUT2D eigenvalue weighted by atomic mass is 10.1. The maximum absolute atomic E-state index is 8.78. The van der Waals surface area contributed by atoms with Crippen LogP contribution in [0.2, 0.25) is 17.6 Å². The fourth-order valence-electron chi connectivity index (χ4n) is 2.55. The van der Waals surface area contributed by atoms with Gasteiger partial charge in [0.25, 0.3) is 0 Å². The molecule has 0 spiro atoms. The molecule has 0 radical (unpaired) electrons. The molecule has 2 unspecified atom stereocenters. The number of hydrogen-bond donors (Lipinski definition) is 1. The Labute approximate surface area is 70.4 Å². The van der Waals surface area contributed by atoms with Crippen molar-refractivity contribution in [2.45, 2.75) is 43.3 Å². The van der Waals surface area contributed by atoms with Crippen LogP contribution in [0.5, 0.6) is 0 Å². The minimum Gasteiger partial charge on any atom is -0.396 e. The first-order chi connectivity index (χ1) is 5.40. The summed E-state index contributed by atoms with van der Waals surface area (Å²) in [6.07, 6.45) is 5.51. The third-order valence-electron chi connectivity index (χ3n) is 3.41. The average Bonchev–Trinajstić information content (AvgIpc) is 2.75. The standard InChI is InChI=1S/C9H18OSi/c10-4-3-8-1-2-9(7-8)11-5-6-11/h8-11H,1-7H2. The van der Waals surface area contributed by atoms with Gasteiger partial charge in [0.15, 0.2) is 0 Å². The van der Waals surface area contributed by atoms with Crippen LogP contribution in [-0.4, -0.2) is 20.5 Å². The molecule has 1 aliphatic heterocycles. The fraction of sp³-hybridized carbons (Fsp3) is 1.00. The van der Waals surface area contributed by atoms with Crippen molar-refractivity contribution in [3.63, 3.8) is 0 Å². The Morgan fingerprint density at radius 3 is 2.73 bits per heavy atom. The SMILES string of the molecule is OCCC1CCC([SiH]2CC2)C1. The minimum absolute atomic E-state index is 0.118. The van der Waals surface area contributed by atoms with Gasteiger partial charge in [0.1, 0.15) is 0 Å². The Kier molecular flexibility index (Phi) is 2.32. The molecule has 2 heteroatoms. The molecular weight excluding hydrogens is 152 g/mol. The normalized spacial score (nSPS) is 37.9. The van der Waals surface area contributed by atoms with Gasteiger partial charge in [-0.05, 0) is 17.9 Å². The largest absolute Gasteiger partial charge is 0.396 e. The van der Waals surface area contributed by atoms with Crippen LogP contribution in [0, 0.1) is 5.92 Å². The van der Waals surface area contributed by atoms with E-state index in [0.29, 0.717) is 6.61 Å². The van der Waals surface area contributed by atoms with Crippen LogP contribution in [0.15, 0.2) is 0 Å². The summed E-state index contributed by atoms with van der Waals surface area (Å²) >= 11 is 0. The van der Waals surface area contributed by atoms with E-state index in [1.54, 1.807) is 12.1 Å². The van der Waals surface area contributed by atoms with E-state index in [2.05, 4.69) is 0 Å². The molecule has 1 aliphatic carbocycles. The van der Waals surface area contributed by atoms with Crippen LogP contribution < -0.4 is 0 Å². The van der Waals surface area contributed by atoms with Crippen molar-refractivity contribution >= 4 is 8.80 Å². The number of rotatable bonds is 3. The Bertz CT molecular complexity index is 134. The Hall–Kier alpha value is 0.177. The molecule has 0 amide bonds. The molecule has 0 aromatic rings. The van der Waals surface area contributed by atoms with Crippen LogP contribution in [0.25, 0.3) is 0 Å². The zero-order chi connectivity index (χ0) is 7.68. The molecule has 0 aromatic heterocycles. The maximum atomic E-state index is 8.78. The molecule has 1 saturated heterocycles. The van der Waals surface area contributed by atoms with Gasteiger partial charge in [0.2, 0.25) is 0 Å². The third-order valence-corrected chi connectivity index (χ3v) is 6.59. The first kappa shape index (κ1) is 7.81. The maximum Gasteiger partial charge on any atom is 0.0433 e. The summed E-state index contributed by atoms with van der Waals surface area (Å²) in [5.41, 5.74) is 1.19. The van der Waals surface area contributed by atoms with Crippen LogP contribution in [-0.2, 0) is 0 Å². The van der Waals surface area contributed by atoms with Gasteiger partial charge in [-0.3, -0.25) is 0 Å². The summed E-state index contributed by atoms with van der Waals surface area (Å²) in [7, 11) is -0.118. The van der Waals surface area contributed by atoms with Crippen LogP contribution >= 0.6 is 0 Å². The van der Waals surface area contributed by atoms with Gasteiger partial charge in [-0.2, -0.15) is 0 Å². The molecule has 2 fully saturated rings. The molecule has 2 aliphatic rings. The molecule has 0 aromatic carbocycles. The highest BCUT2D eigenvalue weighted by Crippen LogP contribution is 2.46. The van der Waals surface area contributed by atoms with E-state index in [1.165, 1.54) is 24.8 Å². The van der Waals surface area contributed by atoms with Crippen molar-refractivity contribution < 1.29 is 5.11 Å². The molecule has 2 atom stereocenters. The van der Waals surface area contributed by atoms with E-state index < -0.39 is 0 Å². The summed E-state index contributed by atoms with van der Waals surface area (Å²) < 4.78 is 0. The Morgan fingerprint density at radius 1 is 1.27 bits per heavy atom. The predicted octanol–water partition coefficient (Wildman–Crippen LogP) is 1.78. The van der Waals surface area contributed by atoms with E-state index in [-0.39, 0.29) is 8.80 Å². The molecular formula is C9H18OSi. The molecule has 1 nitrogen and oxygen atoms in total. The number of hydrogen-bond acceptors (Lipinski definition) is 1. The van der Waals surface area contributed by atoms with E-state index in [1.807, 2.05) is 0 Å². The number of aliphatic hydroxyl groups excluding tert-OH is 1. The molecule has 1 saturated carbocycles. The first-order valence-corrected chi connectivity index (χ1v) is 7.31. The van der Waals surface area contributed by atoms with Crippen molar-refractivity contribution in [3.05, 3.63) is 0 Å². The second-order valence-electron chi connectivity index (χ2n) is 4.29. The van der Waals surface area contributed by atoms with Gasteiger partial charge < -0.3 is 5.11 Å². The Balaban J connectivity index is 1.74. The highest BCUT2D eigenvalue weighted by atomic mass is 28.3. The van der Waals surface area contributed by atoms with Gasteiger partial charge >= 0.3 is 0 Å². The highest BCUT2D eigenvalue weighted by molar-refractivity contribution is 6.71. The van der Waals surface area contributed by atoms with Gasteiger partial charge in [0.05, 0.1) is 0 Å². The smallest absolute Gasteiger partial charge is 0.0433 e. The van der Waals surface area contributed by atoms with Crippen molar-refractivity contribution in [2.75, 3.05) is 6.61 Å². The summed E-state index contributed by atoms with van der Waals surface area (Å²) in [5.74, 6) is 0.901. The van der Waals surface area contributed by atoms with Crippen molar-refractivity contribution in [1.82, 2.24) is 0 Å². The summed E-state index contributed by atoms with van der Waals surface area (Å²) in [5, 5.41) is 8.78. The quantitative estimate of drug-likeness (QED) is 0.640. The van der Waals surface area contributed by atoms with E-state index in [0.717, 1.165) is 12.3 Å². The number of aliphatic hydroxyl groups is 1. The summed E-state index contributed by atoms with van der Waals surface area (Å²) in [4.78, 5) is 0. The van der Waals surface area contributed by atoms with Crippen molar-refractivity contribution in [3.8, 4) is 0 Å². The molecule has 1 N–H and O–H groups in total. The lowest BCUT2D eigenvalue weighted by molar-refractivity contribution is 0.258. The zero-order valence-corrected chi connectivity index (χ0v) is 8.28. The predicted molar refractivity (Wildman–Crippen MR) is 49.6 cm³/mol. The second kappa shape index (κ2) is 3.28. The monoisotopic (exact) mass is 170 g/mol. The Morgan fingerprint density at radius 2 is 2.09 bits per heavy atom. The van der Waals surface area contributed by atoms with Crippen LogP contribution in [0.1, 0.15) is 25.7 Å². The highest BCUT2D eigenvalue weighted by Gasteiger charge is 2.37. The van der Waals surface area contributed by atoms with Gasteiger partial charge in [-0.25, -0.2) is 0 Å². The molecule has 11 heavy (non-hydrogen) atoms. The molecule has 1 heterocycles. The zero-order valence-electron chi connectivity index (χ0n) is 7.13. The minimum atomic E-state index is -0.118. The second-order valence-corrected chi connectivity index (χ2v) is 7.91. The fourth-order valence-corrected chi connectivity index (χ4v) is 5.70. The first-order valence-electron chi connectivity index (χ1n) is 5.01. The van der Waals surface area contributed by atoms with Crippen LogP contribution in [0.3, 0.4) is 0 Å². The molecule has 64 valence electrons. The summed E-state index contributed by atoms with van der Waals surface area (Å²) in [6, 6.07) is 3.27. The third kappa shape index (κ3) is 1.85.